The van der Waals surface area contributed by atoms with Gasteiger partial charge in [-0.2, -0.15) is 0 Å². The Balaban J connectivity index is 1.63. The zero-order chi connectivity index (χ0) is 15.1. The smallest absolute Gasteiger partial charge is 0.191 e. The van der Waals surface area contributed by atoms with Crippen LogP contribution in [0.25, 0.3) is 0 Å². The molecule has 5 heteroatoms. The number of aliphatic imine (C=N–C) groups is 1. The van der Waals surface area contributed by atoms with Gasteiger partial charge in [-0.3, -0.25) is 9.89 Å². The number of hydrogen-bond acceptors (Lipinski definition) is 3. The largest absolute Gasteiger partial charge is 0.469 e. The molecule has 0 aliphatic heterocycles. The molecule has 0 radical (unpaired) electrons. The molecular formula is C16H28N4O. The second-order valence-corrected chi connectivity index (χ2v) is 5.82. The van der Waals surface area contributed by atoms with Crippen LogP contribution in [0.15, 0.2) is 27.8 Å². The van der Waals surface area contributed by atoms with E-state index in [0.717, 1.165) is 43.8 Å². The Morgan fingerprint density at radius 1 is 1.38 bits per heavy atom. The molecule has 0 amide bonds. The summed E-state index contributed by atoms with van der Waals surface area (Å²) in [6.07, 6.45) is 5.29. The third kappa shape index (κ3) is 5.42. The van der Waals surface area contributed by atoms with Crippen molar-refractivity contribution in [2.24, 2.45) is 4.99 Å². The lowest BCUT2D eigenvalue weighted by molar-refractivity contribution is 0.215. The second-order valence-electron chi connectivity index (χ2n) is 5.82. The van der Waals surface area contributed by atoms with E-state index in [4.69, 9.17) is 4.42 Å². The highest BCUT2D eigenvalue weighted by Crippen LogP contribution is 2.27. The van der Waals surface area contributed by atoms with Crippen LogP contribution in [0.1, 0.15) is 32.4 Å². The molecule has 0 bridgehead atoms. The van der Waals surface area contributed by atoms with E-state index in [1.807, 2.05) is 19.2 Å². The predicted molar refractivity (Wildman–Crippen MR) is 86.6 cm³/mol. The Morgan fingerprint density at radius 2 is 2.14 bits per heavy atom. The summed E-state index contributed by atoms with van der Waals surface area (Å²) in [6.45, 7) is 7.36. The van der Waals surface area contributed by atoms with Crippen LogP contribution in [-0.2, 0) is 6.42 Å². The lowest BCUT2D eigenvalue weighted by Crippen LogP contribution is -2.44. The summed E-state index contributed by atoms with van der Waals surface area (Å²) in [6, 6.07) is 5.34. The summed E-state index contributed by atoms with van der Waals surface area (Å²) >= 11 is 0. The van der Waals surface area contributed by atoms with Crippen molar-refractivity contribution in [3.05, 3.63) is 24.2 Å². The fraction of sp³-hybridized carbons (Fsp3) is 0.688. The van der Waals surface area contributed by atoms with Crippen LogP contribution < -0.4 is 10.6 Å². The monoisotopic (exact) mass is 292 g/mol. The van der Waals surface area contributed by atoms with Crippen LogP contribution in [0.3, 0.4) is 0 Å². The average Bonchev–Trinajstić information content (AvgIpc) is 3.17. The lowest BCUT2D eigenvalue weighted by Gasteiger charge is -2.26. The quantitative estimate of drug-likeness (QED) is 0.567. The molecule has 1 heterocycles. The zero-order valence-corrected chi connectivity index (χ0v) is 13.4. The van der Waals surface area contributed by atoms with Crippen molar-refractivity contribution < 1.29 is 4.42 Å². The van der Waals surface area contributed by atoms with E-state index in [1.165, 1.54) is 12.8 Å². The normalized spacial score (nSPS) is 15.8. The summed E-state index contributed by atoms with van der Waals surface area (Å²) in [7, 11) is 1.81. The molecule has 1 aliphatic rings. The van der Waals surface area contributed by atoms with Gasteiger partial charge < -0.3 is 15.1 Å². The topological polar surface area (TPSA) is 52.8 Å². The number of furan rings is 1. The van der Waals surface area contributed by atoms with Crippen LogP contribution in [0.2, 0.25) is 0 Å². The van der Waals surface area contributed by atoms with E-state index in [-0.39, 0.29) is 0 Å². The first-order valence-electron chi connectivity index (χ1n) is 7.93. The maximum atomic E-state index is 5.31. The molecule has 1 aliphatic carbocycles. The molecule has 21 heavy (non-hydrogen) atoms. The molecule has 1 fully saturated rings. The van der Waals surface area contributed by atoms with Gasteiger partial charge in [-0.1, -0.05) is 0 Å². The number of nitrogens with one attached hydrogen (secondary N) is 2. The van der Waals surface area contributed by atoms with E-state index in [0.29, 0.717) is 6.04 Å². The number of guanidine groups is 1. The molecule has 2 rings (SSSR count). The summed E-state index contributed by atoms with van der Waals surface area (Å²) in [5.41, 5.74) is 0. The Kier molecular flexibility index (Phi) is 6.11. The van der Waals surface area contributed by atoms with E-state index in [1.54, 1.807) is 6.26 Å². The molecule has 0 saturated heterocycles. The summed E-state index contributed by atoms with van der Waals surface area (Å²) < 4.78 is 5.31. The molecule has 0 aromatic carbocycles. The lowest BCUT2D eigenvalue weighted by atomic mass is 10.3. The van der Waals surface area contributed by atoms with Gasteiger partial charge in [0.15, 0.2) is 5.96 Å². The Hall–Kier alpha value is -1.49. The molecule has 118 valence electrons. The first-order chi connectivity index (χ1) is 10.2. The zero-order valence-electron chi connectivity index (χ0n) is 13.4. The van der Waals surface area contributed by atoms with Crippen LogP contribution in [0.4, 0.5) is 0 Å². The van der Waals surface area contributed by atoms with Gasteiger partial charge in [0.1, 0.15) is 5.76 Å². The number of nitrogens with zero attached hydrogens (tertiary/aromatic N) is 2. The Morgan fingerprint density at radius 3 is 2.71 bits per heavy atom. The Bertz CT molecular complexity index is 421. The van der Waals surface area contributed by atoms with Gasteiger partial charge in [-0.25, -0.2) is 0 Å². The van der Waals surface area contributed by atoms with Gasteiger partial charge in [0.05, 0.1) is 6.26 Å². The fourth-order valence-corrected chi connectivity index (χ4v) is 2.55. The van der Waals surface area contributed by atoms with Crippen molar-refractivity contribution in [1.82, 2.24) is 15.5 Å². The van der Waals surface area contributed by atoms with Crippen molar-refractivity contribution in [2.45, 2.75) is 45.2 Å². The van der Waals surface area contributed by atoms with Crippen molar-refractivity contribution in [2.75, 3.05) is 26.7 Å². The van der Waals surface area contributed by atoms with E-state index in [9.17, 15) is 0 Å². The molecule has 0 spiro atoms. The first-order valence-corrected chi connectivity index (χ1v) is 7.93. The minimum absolute atomic E-state index is 0.619. The highest BCUT2D eigenvalue weighted by Gasteiger charge is 2.29. The maximum absolute atomic E-state index is 5.31. The molecule has 5 nitrogen and oxygen atoms in total. The molecule has 0 atom stereocenters. The number of rotatable bonds is 8. The molecular weight excluding hydrogens is 264 g/mol. The third-order valence-electron chi connectivity index (χ3n) is 3.81. The molecule has 1 saturated carbocycles. The minimum Gasteiger partial charge on any atom is -0.469 e. The van der Waals surface area contributed by atoms with Gasteiger partial charge in [-0.15, -0.1) is 0 Å². The highest BCUT2D eigenvalue weighted by molar-refractivity contribution is 5.79. The highest BCUT2D eigenvalue weighted by atomic mass is 16.3. The average molecular weight is 292 g/mol. The standard InChI is InChI=1S/C16H28N4O/c1-13(2)20(14-6-7-14)11-10-19-16(17-3)18-9-8-15-5-4-12-21-15/h4-5,12-14H,6-11H2,1-3H3,(H2,17,18,19). The summed E-state index contributed by atoms with van der Waals surface area (Å²) in [5, 5.41) is 6.70. The molecule has 2 N–H and O–H groups in total. The molecule has 1 aromatic rings. The Labute approximate surface area is 127 Å². The molecule has 0 unspecified atom stereocenters. The predicted octanol–water partition coefficient (Wildman–Crippen LogP) is 1.86. The summed E-state index contributed by atoms with van der Waals surface area (Å²) in [5.74, 6) is 1.86. The van der Waals surface area contributed by atoms with Gasteiger partial charge in [-0.05, 0) is 38.8 Å². The number of hydrogen-bond donors (Lipinski definition) is 2. The third-order valence-corrected chi connectivity index (χ3v) is 3.81. The summed E-state index contributed by atoms with van der Waals surface area (Å²) in [4.78, 5) is 6.83. The minimum atomic E-state index is 0.619. The van der Waals surface area contributed by atoms with E-state index < -0.39 is 0 Å². The van der Waals surface area contributed by atoms with E-state index in [2.05, 4.69) is 34.4 Å². The van der Waals surface area contributed by atoms with E-state index >= 15 is 0 Å². The van der Waals surface area contributed by atoms with Crippen LogP contribution in [0.5, 0.6) is 0 Å². The van der Waals surface area contributed by atoms with Gasteiger partial charge in [0.25, 0.3) is 0 Å². The SMILES string of the molecule is CN=C(NCCc1ccco1)NCCN(C(C)C)C1CC1. The van der Waals surface area contributed by atoms with Gasteiger partial charge >= 0.3 is 0 Å². The first kappa shape index (κ1) is 15.9. The van der Waals surface area contributed by atoms with Crippen LogP contribution >= 0.6 is 0 Å². The molecule has 1 aromatic heterocycles. The fourth-order valence-electron chi connectivity index (χ4n) is 2.55. The van der Waals surface area contributed by atoms with Crippen molar-refractivity contribution in [3.63, 3.8) is 0 Å². The van der Waals surface area contributed by atoms with Gasteiger partial charge in [0, 0.05) is 45.2 Å². The second kappa shape index (κ2) is 8.08. The van der Waals surface area contributed by atoms with Crippen LogP contribution in [-0.4, -0.2) is 49.6 Å². The van der Waals surface area contributed by atoms with Crippen molar-refractivity contribution in [1.29, 1.82) is 0 Å². The van der Waals surface area contributed by atoms with Crippen molar-refractivity contribution in [3.8, 4) is 0 Å². The van der Waals surface area contributed by atoms with Gasteiger partial charge in [0.2, 0.25) is 0 Å². The van der Waals surface area contributed by atoms with Crippen molar-refractivity contribution >= 4 is 5.96 Å². The van der Waals surface area contributed by atoms with Crippen LogP contribution in [0, 0.1) is 0 Å². The maximum Gasteiger partial charge on any atom is 0.191 e.